The molecule has 0 bridgehead atoms. The number of nitrogens with one attached hydrogen (secondary N) is 1. The van der Waals surface area contributed by atoms with Gasteiger partial charge in [-0.25, -0.2) is 0 Å². The lowest BCUT2D eigenvalue weighted by Crippen LogP contribution is -2.49. The third-order valence-corrected chi connectivity index (χ3v) is 4.03. The van der Waals surface area contributed by atoms with Crippen molar-refractivity contribution in [2.24, 2.45) is 0 Å². The van der Waals surface area contributed by atoms with Crippen molar-refractivity contribution >= 4 is 17.5 Å². The second-order valence-electron chi connectivity index (χ2n) is 5.06. The predicted molar refractivity (Wildman–Crippen MR) is 73.9 cm³/mol. The van der Waals surface area contributed by atoms with Gasteiger partial charge in [0.15, 0.2) is 0 Å². The summed E-state index contributed by atoms with van der Waals surface area (Å²) in [6.45, 7) is 1.60. The van der Waals surface area contributed by atoms with E-state index in [1.165, 1.54) is 0 Å². The van der Waals surface area contributed by atoms with Gasteiger partial charge >= 0.3 is 0 Å². The van der Waals surface area contributed by atoms with E-state index < -0.39 is 0 Å². The van der Waals surface area contributed by atoms with E-state index in [-0.39, 0.29) is 11.3 Å². The number of nitrogens with zero attached hydrogens (tertiary/aromatic N) is 1. The molecule has 0 saturated carbocycles. The van der Waals surface area contributed by atoms with E-state index in [0.717, 1.165) is 30.1 Å². The van der Waals surface area contributed by atoms with Crippen LogP contribution in [0, 0.1) is 0 Å². The normalized spacial score (nSPS) is 24.4. The number of carbonyl (C=O) groups is 1. The van der Waals surface area contributed by atoms with Gasteiger partial charge in [-0.1, -0.05) is 23.7 Å². The Morgan fingerprint density at radius 1 is 1.50 bits per heavy atom. The molecule has 1 saturated heterocycles. The zero-order valence-electron chi connectivity index (χ0n) is 10.9. The Morgan fingerprint density at radius 3 is 2.89 bits per heavy atom. The molecule has 0 spiro atoms. The quantitative estimate of drug-likeness (QED) is 0.908. The second-order valence-corrected chi connectivity index (χ2v) is 5.50. The molecule has 1 fully saturated rings. The van der Waals surface area contributed by atoms with Gasteiger partial charge in [0.25, 0.3) is 0 Å². The van der Waals surface area contributed by atoms with Gasteiger partial charge in [-0.3, -0.25) is 4.79 Å². The van der Waals surface area contributed by atoms with Gasteiger partial charge in [-0.2, -0.15) is 0 Å². The maximum atomic E-state index is 12.0. The SMILES string of the molecule is CNCC1(c2cccc(Cl)c2)CCN(C)C(=O)C1. The molecule has 1 aliphatic rings. The Balaban J connectivity index is 2.35. The lowest BCUT2D eigenvalue weighted by atomic mass is 9.72. The summed E-state index contributed by atoms with van der Waals surface area (Å²) in [5.41, 5.74) is 1.04. The molecule has 1 unspecified atom stereocenters. The largest absolute Gasteiger partial charge is 0.346 e. The number of hydrogen-bond acceptors (Lipinski definition) is 2. The minimum atomic E-state index is -0.122. The molecule has 18 heavy (non-hydrogen) atoms. The standard InChI is InChI=1S/C14H19ClN2O/c1-16-10-14(6-7-17(2)13(18)9-14)11-4-3-5-12(15)8-11/h3-5,8,16H,6-7,9-10H2,1-2H3. The number of benzene rings is 1. The van der Waals surface area contributed by atoms with E-state index in [0.29, 0.717) is 6.42 Å². The molecule has 3 nitrogen and oxygen atoms in total. The van der Waals surface area contributed by atoms with Gasteiger partial charge in [0.1, 0.15) is 0 Å². The number of halogens is 1. The Morgan fingerprint density at radius 2 is 2.28 bits per heavy atom. The number of piperidine rings is 1. The van der Waals surface area contributed by atoms with Crippen molar-refractivity contribution < 1.29 is 4.79 Å². The first-order valence-electron chi connectivity index (χ1n) is 6.22. The molecular formula is C14H19ClN2O. The first kappa shape index (κ1) is 13.4. The molecule has 0 aliphatic carbocycles. The lowest BCUT2D eigenvalue weighted by Gasteiger charge is -2.40. The topological polar surface area (TPSA) is 32.3 Å². The average Bonchev–Trinajstić information content (AvgIpc) is 2.34. The number of likely N-dealkylation sites (N-methyl/N-ethyl adjacent to an activating group) is 1. The van der Waals surface area contributed by atoms with E-state index in [1.54, 1.807) is 4.90 Å². The van der Waals surface area contributed by atoms with Crippen LogP contribution in [-0.2, 0) is 10.2 Å². The van der Waals surface area contributed by atoms with Gasteiger partial charge in [0, 0.05) is 37.0 Å². The van der Waals surface area contributed by atoms with Gasteiger partial charge < -0.3 is 10.2 Å². The summed E-state index contributed by atoms with van der Waals surface area (Å²) in [6.07, 6.45) is 1.51. The molecule has 1 aromatic carbocycles. The summed E-state index contributed by atoms with van der Waals surface area (Å²) in [5, 5.41) is 3.95. The molecule has 98 valence electrons. The zero-order valence-corrected chi connectivity index (χ0v) is 11.6. The van der Waals surface area contributed by atoms with Crippen LogP contribution in [-0.4, -0.2) is 38.0 Å². The van der Waals surface area contributed by atoms with Crippen LogP contribution in [0.2, 0.25) is 5.02 Å². The van der Waals surface area contributed by atoms with Crippen LogP contribution < -0.4 is 5.32 Å². The van der Waals surface area contributed by atoms with E-state index >= 15 is 0 Å². The van der Waals surface area contributed by atoms with Crippen molar-refractivity contribution in [1.82, 2.24) is 10.2 Å². The summed E-state index contributed by atoms with van der Waals surface area (Å²) >= 11 is 6.08. The third-order valence-electron chi connectivity index (χ3n) is 3.79. The fraction of sp³-hybridized carbons (Fsp3) is 0.500. The van der Waals surface area contributed by atoms with Gasteiger partial charge in [-0.15, -0.1) is 0 Å². The average molecular weight is 267 g/mol. The van der Waals surface area contributed by atoms with E-state index in [4.69, 9.17) is 11.6 Å². The minimum absolute atomic E-state index is 0.122. The van der Waals surface area contributed by atoms with Crippen molar-refractivity contribution in [2.45, 2.75) is 18.3 Å². The summed E-state index contributed by atoms with van der Waals surface area (Å²) < 4.78 is 0. The maximum Gasteiger partial charge on any atom is 0.223 e. The first-order valence-corrected chi connectivity index (χ1v) is 6.60. The van der Waals surface area contributed by atoms with E-state index in [9.17, 15) is 4.79 Å². The Hall–Kier alpha value is -1.06. The van der Waals surface area contributed by atoms with Crippen molar-refractivity contribution in [2.75, 3.05) is 27.2 Å². The van der Waals surface area contributed by atoms with Gasteiger partial charge in [0.05, 0.1) is 0 Å². The number of amides is 1. The molecule has 0 aromatic heterocycles. The van der Waals surface area contributed by atoms with Crippen LogP contribution in [0.4, 0.5) is 0 Å². The smallest absolute Gasteiger partial charge is 0.223 e. The van der Waals surface area contributed by atoms with Crippen molar-refractivity contribution in [3.05, 3.63) is 34.9 Å². The molecule has 1 aromatic rings. The fourth-order valence-electron chi connectivity index (χ4n) is 2.68. The molecule has 1 heterocycles. The number of rotatable bonds is 3. The van der Waals surface area contributed by atoms with Crippen LogP contribution in [0.5, 0.6) is 0 Å². The summed E-state index contributed by atoms with van der Waals surface area (Å²) in [5.74, 6) is 0.205. The molecule has 1 atom stereocenters. The number of likely N-dealkylation sites (tertiary alicyclic amines) is 1. The molecule has 1 aliphatic heterocycles. The second kappa shape index (κ2) is 5.29. The first-order chi connectivity index (χ1) is 8.57. The van der Waals surface area contributed by atoms with E-state index in [1.807, 2.05) is 32.3 Å². The summed E-state index contributed by atoms with van der Waals surface area (Å²) in [6, 6.07) is 7.88. The van der Waals surface area contributed by atoms with Gasteiger partial charge in [0.2, 0.25) is 5.91 Å². The molecule has 2 rings (SSSR count). The Labute approximate surface area is 113 Å². The van der Waals surface area contributed by atoms with Crippen LogP contribution >= 0.6 is 11.6 Å². The number of carbonyl (C=O) groups excluding carboxylic acids is 1. The Kier molecular flexibility index (Phi) is 3.93. The van der Waals surface area contributed by atoms with Crippen molar-refractivity contribution in [3.8, 4) is 0 Å². The zero-order chi connectivity index (χ0) is 13.2. The number of hydrogen-bond donors (Lipinski definition) is 1. The van der Waals surface area contributed by atoms with Crippen LogP contribution in [0.3, 0.4) is 0 Å². The highest BCUT2D eigenvalue weighted by molar-refractivity contribution is 6.30. The molecule has 0 radical (unpaired) electrons. The highest BCUT2D eigenvalue weighted by atomic mass is 35.5. The van der Waals surface area contributed by atoms with Crippen molar-refractivity contribution in [1.29, 1.82) is 0 Å². The monoisotopic (exact) mass is 266 g/mol. The highest BCUT2D eigenvalue weighted by Gasteiger charge is 2.38. The predicted octanol–water partition coefficient (Wildman–Crippen LogP) is 2.05. The molecule has 4 heteroatoms. The molecule has 1 N–H and O–H groups in total. The third kappa shape index (κ3) is 2.52. The Bertz CT molecular complexity index is 449. The summed E-state index contributed by atoms with van der Waals surface area (Å²) in [4.78, 5) is 13.8. The highest BCUT2D eigenvalue weighted by Crippen LogP contribution is 2.36. The van der Waals surface area contributed by atoms with E-state index in [2.05, 4.69) is 11.4 Å². The molecular weight excluding hydrogens is 248 g/mol. The summed E-state index contributed by atoms with van der Waals surface area (Å²) in [7, 11) is 3.79. The van der Waals surface area contributed by atoms with Crippen LogP contribution in [0.25, 0.3) is 0 Å². The fourth-order valence-corrected chi connectivity index (χ4v) is 2.87. The molecule has 1 amide bonds. The van der Waals surface area contributed by atoms with Crippen molar-refractivity contribution in [3.63, 3.8) is 0 Å². The maximum absolute atomic E-state index is 12.0. The van der Waals surface area contributed by atoms with Gasteiger partial charge in [-0.05, 0) is 31.2 Å². The lowest BCUT2D eigenvalue weighted by molar-refractivity contribution is -0.134. The van der Waals surface area contributed by atoms with Crippen LogP contribution in [0.1, 0.15) is 18.4 Å². The van der Waals surface area contributed by atoms with Crippen LogP contribution in [0.15, 0.2) is 24.3 Å². The minimum Gasteiger partial charge on any atom is -0.346 e.